The number of carbonyl (C=O) groups is 1. The summed E-state index contributed by atoms with van der Waals surface area (Å²) < 4.78 is 2.21. The highest BCUT2D eigenvalue weighted by atomic mass is 16.1. The van der Waals surface area contributed by atoms with Crippen molar-refractivity contribution in [1.82, 2.24) is 14.9 Å². The monoisotopic (exact) mass is 459 g/mol. The molecule has 5 aromatic rings. The van der Waals surface area contributed by atoms with E-state index in [4.69, 9.17) is 4.98 Å². The van der Waals surface area contributed by atoms with Crippen molar-refractivity contribution in [3.63, 3.8) is 0 Å². The number of hydrogen-bond donors (Lipinski definition) is 1. The van der Waals surface area contributed by atoms with Crippen molar-refractivity contribution in [3.8, 4) is 11.1 Å². The summed E-state index contributed by atoms with van der Waals surface area (Å²) in [5.41, 5.74) is 7.76. The van der Waals surface area contributed by atoms with Gasteiger partial charge < -0.3 is 9.88 Å². The maximum atomic E-state index is 12.9. The molecule has 0 aliphatic heterocycles. The smallest absolute Gasteiger partial charge is 0.224 e. The molecule has 1 amide bonds. The first-order chi connectivity index (χ1) is 17.1. The lowest BCUT2D eigenvalue weighted by Crippen LogP contribution is -2.30. The van der Waals surface area contributed by atoms with Crippen LogP contribution < -0.4 is 5.32 Å². The van der Waals surface area contributed by atoms with Gasteiger partial charge in [-0.15, -0.1) is 0 Å². The Hall–Kier alpha value is -4.18. The number of nitrogens with one attached hydrogen (secondary N) is 1. The molecule has 4 nitrogen and oxygen atoms in total. The van der Waals surface area contributed by atoms with Crippen molar-refractivity contribution in [3.05, 3.63) is 126 Å². The summed E-state index contributed by atoms with van der Waals surface area (Å²) in [4.78, 5) is 17.8. The molecule has 0 aliphatic carbocycles. The number of amides is 1. The van der Waals surface area contributed by atoms with Crippen LogP contribution >= 0.6 is 0 Å². The molecule has 1 unspecified atom stereocenters. The zero-order chi connectivity index (χ0) is 24.2. The van der Waals surface area contributed by atoms with Gasteiger partial charge in [0.1, 0.15) is 5.82 Å². The fourth-order valence-electron chi connectivity index (χ4n) is 4.57. The number of para-hydroxylation sites is 2. The predicted octanol–water partition coefficient (Wildman–Crippen LogP) is 6.48. The van der Waals surface area contributed by atoms with Gasteiger partial charge in [-0.2, -0.15) is 0 Å². The Bertz CT molecular complexity index is 1450. The van der Waals surface area contributed by atoms with Crippen LogP contribution in [0.3, 0.4) is 0 Å². The molecule has 1 atom stereocenters. The third kappa shape index (κ3) is 5.17. The maximum Gasteiger partial charge on any atom is 0.224 e. The second-order valence-electron chi connectivity index (χ2n) is 9.06. The highest BCUT2D eigenvalue weighted by molar-refractivity contribution is 5.80. The van der Waals surface area contributed by atoms with Crippen molar-refractivity contribution in [2.24, 2.45) is 0 Å². The minimum Gasteiger partial charge on any atom is -0.346 e. The summed E-state index contributed by atoms with van der Waals surface area (Å²) in [5, 5.41) is 3.17. The summed E-state index contributed by atoms with van der Waals surface area (Å²) in [6.07, 6.45) is 0.331. The third-order valence-corrected chi connectivity index (χ3v) is 6.30. The van der Waals surface area contributed by atoms with Crippen LogP contribution in [0.2, 0.25) is 0 Å². The lowest BCUT2D eigenvalue weighted by molar-refractivity contribution is -0.121. The quantitative estimate of drug-likeness (QED) is 0.303. The number of nitrogens with zero attached hydrogens (tertiary/aromatic N) is 2. The second-order valence-corrected chi connectivity index (χ2v) is 9.06. The molecule has 1 aromatic heterocycles. The van der Waals surface area contributed by atoms with Crippen molar-refractivity contribution in [2.75, 3.05) is 0 Å². The Labute approximate surface area is 206 Å². The fourth-order valence-corrected chi connectivity index (χ4v) is 4.57. The van der Waals surface area contributed by atoms with E-state index in [0.29, 0.717) is 13.0 Å². The second kappa shape index (κ2) is 9.98. The van der Waals surface area contributed by atoms with Gasteiger partial charge in [-0.05, 0) is 48.2 Å². The standard InChI is InChI=1S/C31H29N3O/c1-22-9-8-10-25(19-22)21-34-29-14-7-6-13-28(29)33-31(34)23(2)32-30(35)20-24-15-17-27(18-16-24)26-11-4-3-5-12-26/h3-19,23H,20-21H2,1-2H3,(H,32,35). The molecule has 35 heavy (non-hydrogen) atoms. The Balaban J connectivity index is 1.33. The van der Waals surface area contributed by atoms with E-state index in [1.807, 2.05) is 55.5 Å². The van der Waals surface area contributed by atoms with Gasteiger partial charge in [-0.25, -0.2) is 4.98 Å². The van der Waals surface area contributed by atoms with Gasteiger partial charge >= 0.3 is 0 Å². The van der Waals surface area contributed by atoms with E-state index in [9.17, 15) is 4.79 Å². The van der Waals surface area contributed by atoms with Crippen molar-refractivity contribution < 1.29 is 4.79 Å². The molecule has 4 heteroatoms. The summed E-state index contributed by atoms with van der Waals surface area (Å²) in [7, 11) is 0. The predicted molar refractivity (Wildman–Crippen MR) is 142 cm³/mol. The van der Waals surface area contributed by atoms with Crippen LogP contribution in [0.15, 0.2) is 103 Å². The van der Waals surface area contributed by atoms with Gasteiger partial charge in [0.05, 0.1) is 23.5 Å². The molecule has 5 rings (SSSR count). The average Bonchev–Trinajstić information content (AvgIpc) is 3.23. The molecule has 1 N–H and O–H groups in total. The largest absolute Gasteiger partial charge is 0.346 e. The minimum absolute atomic E-state index is 0.0147. The Morgan fingerprint density at radius 2 is 1.54 bits per heavy atom. The summed E-state index contributed by atoms with van der Waals surface area (Å²) >= 11 is 0. The van der Waals surface area contributed by atoms with Crippen LogP contribution in [0.5, 0.6) is 0 Å². The third-order valence-electron chi connectivity index (χ3n) is 6.30. The number of hydrogen-bond acceptors (Lipinski definition) is 2. The van der Waals surface area contributed by atoms with Crippen molar-refractivity contribution in [2.45, 2.75) is 32.9 Å². The number of imidazole rings is 1. The number of aryl methyl sites for hydroxylation is 1. The Morgan fingerprint density at radius 1 is 0.829 bits per heavy atom. The highest BCUT2D eigenvalue weighted by Gasteiger charge is 2.19. The van der Waals surface area contributed by atoms with Crippen molar-refractivity contribution in [1.29, 1.82) is 0 Å². The molecule has 0 radical (unpaired) electrons. The van der Waals surface area contributed by atoms with E-state index in [1.165, 1.54) is 16.7 Å². The summed E-state index contributed by atoms with van der Waals surface area (Å²) in [6, 6.07) is 34.9. The Kier molecular flexibility index (Phi) is 6.44. The first-order valence-electron chi connectivity index (χ1n) is 12.0. The molecular weight excluding hydrogens is 430 g/mol. The molecule has 0 saturated carbocycles. The molecule has 4 aromatic carbocycles. The van der Waals surface area contributed by atoms with Gasteiger partial charge in [0, 0.05) is 6.54 Å². The number of fused-ring (bicyclic) bond motifs is 1. The normalized spacial score (nSPS) is 11.9. The van der Waals surface area contributed by atoms with E-state index >= 15 is 0 Å². The molecule has 0 bridgehead atoms. The van der Waals surface area contributed by atoms with Crippen LogP contribution in [-0.2, 0) is 17.8 Å². The van der Waals surface area contributed by atoms with Gasteiger partial charge in [0.25, 0.3) is 0 Å². The lowest BCUT2D eigenvalue weighted by atomic mass is 10.0. The van der Waals surface area contributed by atoms with Crippen LogP contribution in [0.1, 0.15) is 35.5 Å². The van der Waals surface area contributed by atoms with E-state index < -0.39 is 0 Å². The molecule has 0 fully saturated rings. The Morgan fingerprint density at radius 3 is 2.31 bits per heavy atom. The average molecular weight is 460 g/mol. The summed E-state index contributed by atoms with van der Waals surface area (Å²) in [6.45, 7) is 4.81. The van der Waals surface area contributed by atoms with Crippen molar-refractivity contribution >= 4 is 16.9 Å². The zero-order valence-corrected chi connectivity index (χ0v) is 20.1. The first-order valence-corrected chi connectivity index (χ1v) is 12.0. The van der Waals surface area contributed by atoms with Crippen LogP contribution in [-0.4, -0.2) is 15.5 Å². The molecule has 0 saturated heterocycles. The molecule has 0 aliphatic rings. The molecular formula is C31H29N3O. The van der Waals surface area contributed by atoms with Crippen LogP contribution in [0.25, 0.3) is 22.2 Å². The van der Waals surface area contributed by atoms with E-state index in [0.717, 1.165) is 28.0 Å². The number of aromatic nitrogens is 2. The fraction of sp³-hybridized carbons (Fsp3) is 0.161. The van der Waals surface area contributed by atoms with Crippen LogP contribution in [0.4, 0.5) is 0 Å². The topological polar surface area (TPSA) is 46.9 Å². The van der Waals surface area contributed by atoms with Gasteiger partial charge in [-0.3, -0.25) is 4.79 Å². The minimum atomic E-state index is -0.219. The number of rotatable bonds is 7. The number of carbonyl (C=O) groups excluding carboxylic acids is 1. The van der Waals surface area contributed by atoms with Gasteiger partial charge in [-0.1, -0.05) is 96.6 Å². The van der Waals surface area contributed by atoms with Crippen LogP contribution in [0, 0.1) is 6.92 Å². The first kappa shape index (κ1) is 22.6. The van der Waals surface area contributed by atoms with E-state index in [1.54, 1.807) is 0 Å². The lowest BCUT2D eigenvalue weighted by Gasteiger charge is -2.17. The zero-order valence-electron chi connectivity index (χ0n) is 20.1. The van der Waals surface area contributed by atoms with E-state index in [-0.39, 0.29) is 11.9 Å². The summed E-state index contributed by atoms with van der Waals surface area (Å²) in [5.74, 6) is 0.847. The number of benzene rings is 4. The highest BCUT2D eigenvalue weighted by Crippen LogP contribution is 2.23. The maximum absolute atomic E-state index is 12.9. The molecule has 174 valence electrons. The molecule has 1 heterocycles. The van der Waals surface area contributed by atoms with Gasteiger partial charge in [0.2, 0.25) is 5.91 Å². The van der Waals surface area contributed by atoms with E-state index in [2.05, 4.69) is 71.4 Å². The van der Waals surface area contributed by atoms with Gasteiger partial charge in [0.15, 0.2) is 0 Å². The molecule has 0 spiro atoms. The SMILES string of the molecule is Cc1cccc(Cn2c(C(C)NC(=O)Cc3ccc(-c4ccccc4)cc3)nc3ccccc32)c1.